The van der Waals surface area contributed by atoms with Crippen LogP contribution in [0.5, 0.6) is 0 Å². The molecule has 1 rings (SSSR count). The second kappa shape index (κ2) is 8.71. The van der Waals surface area contributed by atoms with Gasteiger partial charge in [-0.25, -0.2) is 9.59 Å². The maximum absolute atomic E-state index is 12.4. The average molecular weight is 335 g/mol. The van der Waals surface area contributed by atoms with Crippen LogP contribution in [0.25, 0.3) is 0 Å². The lowest BCUT2D eigenvalue weighted by molar-refractivity contribution is -0.149. The fourth-order valence-electron chi connectivity index (χ4n) is 2.03. The summed E-state index contributed by atoms with van der Waals surface area (Å²) < 4.78 is 10.6. The lowest BCUT2D eigenvalue weighted by atomic mass is 9.99. The molecule has 1 aromatic carbocycles. The second-order valence-electron chi connectivity index (χ2n) is 7.10. The van der Waals surface area contributed by atoms with Gasteiger partial charge >= 0.3 is 12.1 Å². The van der Waals surface area contributed by atoms with E-state index in [1.165, 1.54) is 0 Å². The Morgan fingerprint density at radius 3 is 2.25 bits per heavy atom. The molecule has 0 heterocycles. The number of nitrogens with one attached hydrogen (secondary N) is 1. The van der Waals surface area contributed by atoms with Gasteiger partial charge in [-0.05, 0) is 39.2 Å². The van der Waals surface area contributed by atoms with Crippen LogP contribution in [0.1, 0.15) is 52.2 Å². The van der Waals surface area contributed by atoms with Crippen LogP contribution in [0.15, 0.2) is 24.3 Å². The summed E-state index contributed by atoms with van der Waals surface area (Å²) in [6, 6.07) is 7.04. The Labute approximate surface area is 144 Å². The summed E-state index contributed by atoms with van der Waals surface area (Å²) in [6.07, 6.45) is 0.125. The van der Waals surface area contributed by atoms with Gasteiger partial charge in [-0.1, -0.05) is 50.1 Å². The minimum Gasteiger partial charge on any atom is -0.459 e. The predicted octanol–water partition coefficient (Wildman–Crippen LogP) is 3.98. The zero-order chi connectivity index (χ0) is 18.3. The van der Waals surface area contributed by atoms with Crippen molar-refractivity contribution < 1.29 is 19.1 Å². The number of hydrogen-bond acceptors (Lipinski definition) is 4. The third-order valence-electron chi connectivity index (χ3n) is 3.64. The maximum atomic E-state index is 12.4. The molecule has 0 unspecified atom stereocenters. The topological polar surface area (TPSA) is 64.6 Å². The molecule has 134 valence electrons. The number of ether oxygens (including phenoxy) is 2. The summed E-state index contributed by atoms with van der Waals surface area (Å²) in [6.45, 7) is 11.4. The highest BCUT2D eigenvalue weighted by molar-refractivity contribution is 5.81. The third-order valence-corrected chi connectivity index (χ3v) is 3.64. The minimum atomic E-state index is -0.727. The number of alkyl carbamates (subject to hydrolysis) is 1. The molecule has 0 aromatic heterocycles. The lowest BCUT2D eigenvalue weighted by Crippen LogP contribution is -2.47. The highest BCUT2D eigenvalue weighted by Gasteiger charge is 2.29. The first-order chi connectivity index (χ1) is 11.1. The number of hydrogen-bond donors (Lipinski definition) is 1. The molecule has 1 N–H and O–H groups in total. The molecule has 0 aliphatic carbocycles. The maximum Gasteiger partial charge on any atom is 0.408 e. The van der Waals surface area contributed by atoms with Crippen LogP contribution < -0.4 is 5.32 Å². The van der Waals surface area contributed by atoms with Crippen molar-refractivity contribution in [2.24, 2.45) is 5.92 Å². The van der Waals surface area contributed by atoms with Crippen LogP contribution in [-0.2, 0) is 20.9 Å². The molecule has 0 saturated heterocycles. The van der Waals surface area contributed by atoms with Crippen molar-refractivity contribution in [3.05, 3.63) is 35.4 Å². The Hall–Kier alpha value is -2.04. The van der Waals surface area contributed by atoms with E-state index < -0.39 is 23.7 Å². The molecule has 1 aromatic rings. The number of carbonyl (C=O) groups excluding carboxylic acids is 2. The first-order valence-electron chi connectivity index (χ1n) is 8.34. The van der Waals surface area contributed by atoms with E-state index >= 15 is 0 Å². The molecule has 0 fully saturated rings. The number of carbonyl (C=O) groups is 2. The Morgan fingerprint density at radius 2 is 1.75 bits per heavy atom. The smallest absolute Gasteiger partial charge is 0.408 e. The SMILES string of the molecule is CC[C@H](C)[C@H](NC(=O)OC(C)(C)C)C(=O)OCc1ccc(C)cc1. The molecule has 5 heteroatoms. The summed E-state index contributed by atoms with van der Waals surface area (Å²) in [5, 5.41) is 2.63. The van der Waals surface area contributed by atoms with Crippen molar-refractivity contribution >= 4 is 12.1 Å². The first kappa shape index (κ1) is 20.0. The van der Waals surface area contributed by atoms with Gasteiger partial charge in [-0.3, -0.25) is 0 Å². The summed E-state index contributed by atoms with van der Waals surface area (Å²) in [5.41, 5.74) is 1.44. The van der Waals surface area contributed by atoms with Gasteiger partial charge in [0, 0.05) is 0 Å². The zero-order valence-electron chi connectivity index (χ0n) is 15.5. The van der Waals surface area contributed by atoms with E-state index in [0.717, 1.165) is 17.5 Å². The Balaban J connectivity index is 2.67. The third kappa shape index (κ3) is 7.02. The van der Waals surface area contributed by atoms with Crippen molar-refractivity contribution in [1.29, 1.82) is 0 Å². The van der Waals surface area contributed by atoms with Crippen molar-refractivity contribution in [2.75, 3.05) is 0 Å². The van der Waals surface area contributed by atoms with Crippen molar-refractivity contribution in [2.45, 2.75) is 66.2 Å². The van der Waals surface area contributed by atoms with Gasteiger partial charge in [-0.2, -0.15) is 0 Å². The number of aryl methyl sites for hydroxylation is 1. The number of benzene rings is 1. The molecule has 0 aliphatic rings. The minimum absolute atomic E-state index is 0.0527. The predicted molar refractivity (Wildman–Crippen MR) is 93.6 cm³/mol. The average Bonchev–Trinajstić information content (AvgIpc) is 2.49. The van der Waals surface area contributed by atoms with Crippen LogP contribution in [0, 0.1) is 12.8 Å². The van der Waals surface area contributed by atoms with Crippen molar-refractivity contribution in [1.82, 2.24) is 5.32 Å². The molecular weight excluding hydrogens is 306 g/mol. The summed E-state index contributed by atoms with van der Waals surface area (Å²) in [4.78, 5) is 24.4. The molecule has 2 atom stereocenters. The molecule has 0 radical (unpaired) electrons. The van der Waals surface area contributed by atoms with Gasteiger partial charge in [0.05, 0.1) is 0 Å². The molecule has 1 amide bonds. The highest BCUT2D eigenvalue weighted by atomic mass is 16.6. The van der Waals surface area contributed by atoms with Gasteiger partial charge in [-0.15, -0.1) is 0 Å². The van der Waals surface area contributed by atoms with Crippen LogP contribution in [-0.4, -0.2) is 23.7 Å². The lowest BCUT2D eigenvalue weighted by Gasteiger charge is -2.25. The van der Waals surface area contributed by atoms with E-state index in [1.807, 2.05) is 45.0 Å². The molecule has 24 heavy (non-hydrogen) atoms. The van der Waals surface area contributed by atoms with E-state index in [0.29, 0.717) is 0 Å². The monoisotopic (exact) mass is 335 g/mol. The molecular formula is C19H29NO4. The molecule has 0 spiro atoms. The van der Waals surface area contributed by atoms with Gasteiger partial charge in [0.2, 0.25) is 0 Å². The molecule has 0 aliphatic heterocycles. The fourth-order valence-corrected chi connectivity index (χ4v) is 2.03. The number of rotatable bonds is 6. The summed E-state index contributed by atoms with van der Waals surface area (Å²) in [7, 11) is 0. The normalized spacial score (nSPS) is 13.8. The molecule has 5 nitrogen and oxygen atoms in total. The van der Waals surface area contributed by atoms with Crippen molar-refractivity contribution in [3.8, 4) is 0 Å². The molecule has 0 bridgehead atoms. The van der Waals surface area contributed by atoms with E-state index in [4.69, 9.17) is 9.47 Å². The zero-order valence-corrected chi connectivity index (χ0v) is 15.5. The van der Waals surface area contributed by atoms with Gasteiger partial charge in [0.1, 0.15) is 18.2 Å². The second-order valence-corrected chi connectivity index (χ2v) is 7.10. The standard InChI is InChI=1S/C19H29NO4/c1-7-14(3)16(20-18(22)24-19(4,5)6)17(21)23-12-15-10-8-13(2)9-11-15/h8-11,14,16H,7,12H2,1-6H3,(H,20,22)/t14-,16-/m0/s1. The summed E-state index contributed by atoms with van der Waals surface area (Å²) in [5.74, 6) is -0.501. The van der Waals surface area contributed by atoms with Gasteiger partial charge < -0.3 is 14.8 Å². The fraction of sp³-hybridized carbons (Fsp3) is 0.579. The van der Waals surface area contributed by atoms with Crippen LogP contribution in [0.2, 0.25) is 0 Å². The van der Waals surface area contributed by atoms with Crippen LogP contribution >= 0.6 is 0 Å². The van der Waals surface area contributed by atoms with Crippen molar-refractivity contribution in [3.63, 3.8) is 0 Å². The van der Waals surface area contributed by atoms with E-state index in [1.54, 1.807) is 20.8 Å². The number of amides is 1. The molecule has 0 saturated carbocycles. The van der Waals surface area contributed by atoms with E-state index in [-0.39, 0.29) is 12.5 Å². The first-order valence-corrected chi connectivity index (χ1v) is 8.34. The largest absolute Gasteiger partial charge is 0.459 e. The van der Waals surface area contributed by atoms with E-state index in [2.05, 4.69) is 5.32 Å². The Bertz CT molecular complexity index is 545. The number of esters is 1. The Morgan fingerprint density at radius 1 is 1.17 bits per heavy atom. The highest BCUT2D eigenvalue weighted by Crippen LogP contribution is 2.13. The summed E-state index contributed by atoms with van der Waals surface area (Å²) >= 11 is 0. The van der Waals surface area contributed by atoms with Gasteiger partial charge in [0.25, 0.3) is 0 Å². The van der Waals surface area contributed by atoms with Gasteiger partial charge in [0.15, 0.2) is 0 Å². The van der Waals surface area contributed by atoms with E-state index in [9.17, 15) is 9.59 Å². The van der Waals surface area contributed by atoms with Crippen LogP contribution in [0.4, 0.5) is 4.79 Å². The van der Waals surface area contributed by atoms with Crippen LogP contribution in [0.3, 0.4) is 0 Å². The quantitative estimate of drug-likeness (QED) is 0.799. The Kier molecular flexibility index (Phi) is 7.26.